The minimum Gasteiger partial charge on any atom is -0.352 e. The Morgan fingerprint density at radius 3 is 2.62 bits per heavy atom. The van der Waals surface area contributed by atoms with Gasteiger partial charge in [0, 0.05) is 19.9 Å². The van der Waals surface area contributed by atoms with E-state index in [4.69, 9.17) is 0 Å². The summed E-state index contributed by atoms with van der Waals surface area (Å²) in [6.45, 7) is 1.81. The fourth-order valence-electron chi connectivity index (χ4n) is 2.06. The first kappa shape index (κ1) is 17.8. The van der Waals surface area contributed by atoms with Gasteiger partial charge >= 0.3 is 6.18 Å². The van der Waals surface area contributed by atoms with Gasteiger partial charge in [-0.3, -0.25) is 9.59 Å². The Labute approximate surface area is 135 Å². The highest BCUT2D eigenvalue weighted by Crippen LogP contribution is 2.21. The quantitative estimate of drug-likeness (QED) is 0.752. The van der Waals surface area contributed by atoms with E-state index in [-0.39, 0.29) is 19.0 Å². The highest BCUT2D eigenvalue weighted by Gasteiger charge is 2.27. The van der Waals surface area contributed by atoms with E-state index in [0.717, 1.165) is 11.1 Å². The van der Waals surface area contributed by atoms with Crippen molar-refractivity contribution in [3.8, 4) is 0 Å². The van der Waals surface area contributed by atoms with Crippen LogP contribution in [0.2, 0.25) is 0 Å². The number of amides is 2. The van der Waals surface area contributed by atoms with Crippen molar-refractivity contribution in [3.63, 3.8) is 0 Å². The average molecular weight is 342 g/mol. The molecule has 0 bridgehead atoms. The maximum Gasteiger partial charge on any atom is 0.389 e. The Kier molecular flexibility index (Phi) is 5.42. The number of carbonyl (C=O) groups is 2. The molecule has 0 radical (unpaired) electrons. The van der Waals surface area contributed by atoms with Gasteiger partial charge in [0.2, 0.25) is 11.8 Å². The molecule has 0 unspecified atom stereocenters. The van der Waals surface area contributed by atoms with Crippen LogP contribution in [-0.2, 0) is 22.7 Å². The summed E-state index contributed by atoms with van der Waals surface area (Å²) >= 11 is 0. The van der Waals surface area contributed by atoms with Gasteiger partial charge in [0.15, 0.2) is 0 Å². The first-order chi connectivity index (χ1) is 11.2. The largest absolute Gasteiger partial charge is 0.389 e. The number of rotatable bonds is 6. The topological polar surface area (TPSA) is 86.9 Å². The van der Waals surface area contributed by atoms with Crippen molar-refractivity contribution < 1.29 is 22.8 Å². The molecule has 0 fully saturated rings. The van der Waals surface area contributed by atoms with Gasteiger partial charge in [0.05, 0.1) is 24.0 Å². The van der Waals surface area contributed by atoms with E-state index < -0.39 is 24.9 Å². The molecule has 0 spiro atoms. The van der Waals surface area contributed by atoms with Crippen LogP contribution in [0.5, 0.6) is 0 Å². The number of nitrogens with zero attached hydrogens (tertiary/aromatic N) is 1. The number of imidazole rings is 1. The van der Waals surface area contributed by atoms with E-state index in [2.05, 4.69) is 20.6 Å². The number of alkyl halides is 3. The van der Waals surface area contributed by atoms with Crippen molar-refractivity contribution in [1.29, 1.82) is 0 Å². The molecule has 0 aliphatic rings. The molecule has 24 heavy (non-hydrogen) atoms. The molecule has 1 heterocycles. The monoisotopic (exact) mass is 342 g/mol. The van der Waals surface area contributed by atoms with Crippen LogP contribution < -0.4 is 10.6 Å². The Morgan fingerprint density at radius 2 is 1.96 bits per heavy atom. The van der Waals surface area contributed by atoms with Crippen LogP contribution in [0, 0.1) is 0 Å². The highest BCUT2D eigenvalue weighted by molar-refractivity contribution is 5.78. The van der Waals surface area contributed by atoms with Gasteiger partial charge in [0.25, 0.3) is 0 Å². The van der Waals surface area contributed by atoms with Crippen molar-refractivity contribution in [3.05, 3.63) is 29.6 Å². The summed E-state index contributed by atoms with van der Waals surface area (Å²) < 4.78 is 36.2. The molecule has 3 N–H and O–H groups in total. The zero-order chi connectivity index (χ0) is 17.7. The molecule has 1 aromatic carbocycles. The molecule has 2 rings (SSSR count). The Bertz CT molecular complexity index is 740. The summed E-state index contributed by atoms with van der Waals surface area (Å²) in [5.74, 6) is -0.229. The molecular formula is C15H17F3N4O2. The molecular weight excluding hydrogens is 325 g/mol. The number of benzene rings is 1. The third kappa shape index (κ3) is 5.56. The number of halogens is 3. The van der Waals surface area contributed by atoms with Crippen molar-refractivity contribution in [2.45, 2.75) is 39.0 Å². The number of carbonyl (C=O) groups excluding carboxylic acids is 2. The van der Waals surface area contributed by atoms with E-state index in [0.29, 0.717) is 11.3 Å². The lowest BCUT2D eigenvalue weighted by atomic mass is 10.2. The lowest BCUT2D eigenvalue weighted by molar-refractivity contribution is -0.144. The summed E-state index contributed by atoms with van der Waals surface area (Å²) in [7, 11) is 0. The Morgan fingerprint density at radius 1 is 1.21 bits per heavy atom. The molecule has 1 aromatic heterocycles. The minimum absolute atomic E-state index is 0.132. The van der Waals surface area contributed by atoms with Gasteiger partial charge < -0.3 is 15.6 Å². The number of fused-ring (bicyclic) bond motifs is 1. The molecule has 0 saturated carbocycles. The zero-order valence-corrected chi connectivity index (χ0v) is 13.0. The lowest BCUT2D eigenvalue weighted by Gasteiger charge is -2.07. The minimum atomic E-state index is -4.34. The van der Waals surface area contributed by atoms with Gasteiger partial charge in [-0.05, 0) is 17.7 Å². The maximum absolute atomic E-state index is 12.1. The van der Waals surface area contributed by atoms with Gasteiger partial charge in [-0.15, -0.1) is 0 Å². The highest BCUT2D eigenvalue weighted by atomic mass is 19.4. The number of aromatic nitrogens is 2. The molecule has 0 aliphatic carbocycles. The third-order valence-corrected chi connectivity index (χ3v) is 3.23. The molecule has 9 heteroatoms. The number of hydrogen-bond acceptors (Lipinski definition) is 3. The molecule has 0 saturated heterocycles. The van der Waals surface area contributed by atoms with Crippen LogP contribution in [0.4, 0.5) is 13.2 Å². The summed E-state index contributed by atoms with van der Waals surface area (Å²) in [4.78, 5) is 29.6. The maximum atomic E-state index is 12.1. The first-order valence-electron chi connectivity index (χ1n) is 7.28. The van der Waals surface area contributed by atoms with Gasteiger partial charge in [-0.25, -0.2) is 4.98 Å². The van der Waals surface area contributed by atoms with Gasteiger partial charge in [-0.1, -0.05) is 6.07 Å². The van der Waals surface area contributed by atoms with Crippen LogP contribution in [0.25, 0.3) is 11.0 Å². The number of hydrogen-bond donors (Lipinski definition) is 3. The van der Waals surface area contributed by atoms with E-state index in [9.17, 15) is 22.8 Å². The van der Waals surface area contributed by atoms with E-state index in [1.807, 2.05) is 0 Å². The fourth-order valence-corrected chi connectivity index (χ4v) is 2.06. The summed E-state index contributed by atoms with van der Waals surface area (Å²) in [6, 6.07) is 5.22. The molecule has 2 aromatic rings. The second kappa shape index (κ2) is 7.33. The van der Waals surface area contributed by atoms with Crippen molar-refractivity contribution in [2.75, 3.05) is 0 Å². The van der Waals surface area contributed by atoms with E-state index in [1.165, 1.54) is 6.92 Å². The summed E-state index contributed by atoms with van der Waals surface area (Å²) in [6.07, 6.45) is -6.06. The Hall–Kier alpha value is -2.58. The van der Waals surface area contributed by atoms with Crippen LogP contribution in [0.3, 0.4) is 0 Å². The van der Waals surface area contributed by atoms with Crippen molar-refractivity contribution in [2.24, 2.45) is 0 Å². The summed E-state index contributed by atoms with van der Waals surface area (Å²) in [5.41, 5.74) is 2.15. The molecule has 0 aliphatic heterocycles. The van der Waals surface area contributed by atoms with E-state index >= 15 is 0 Å². The van der Waals surface area contributed by atoms with Gasteiger partial charge in [0.1, 0.15) is 5.82 Å². The van der Waals surface area contributed by atoms with Gasteiger partial charge in [-0.2, -0.15) is 13.2 Å². The van der Waals surface area contributed by atoms with E-state index in [1.54, 1.807) is 18.2 Å². The number of H-pyrrole nitrogens is 1. The molecule has 6 nitrogen and oxygen atoms in total. The number of nitrogens with one attached hydrogen (secondary N) is 3. The SMILES string of the molecule is CC(=O)NCc1nc2ccc(CNC(=O)CCC(F)(F)F)cc2[nH]1. The lowest BCUT2D eigenvalue weighted by Crippen LogP contribution is -2.24. The zero-order valence-electron chi connectivity index (χ0n) is 13.0. The predicted molar refractivity (Wildman–Crippen MR) is 80.8 cm³/mol. The van der Waals surface area contributed by atoms with Crippen LogP contribution in [-0.4, -0.2) is 28.0 Å². The average Bonchev–Trinajstić information content (AvgIpc) is 2.90. The number of aromatic amines is 1. The fraction of sp³-hybridized carbons (Fsp3) is 0.400. The third-order valence-electron chi connectivity index (χ3n) is 3.23. The van der Waals surface area contributed by atoms with Crippen LogP contribution >= 0.6 is 0 Å². The smallest absolute Gasteiger partial charge is 0.352 e. The van der Waals surface area contributed by atoms with Crippen LogP contribution in [0.15, 0.2) is 18.2 Å². The first-order valence-corrected chi connectivity index (χ1v) is 7.28. The molecule has 0 atom stereocenters. The standard InChI is InChI=1S/C15H17F3N4O2/c1-9(23)19-8-13-21-11-3-2-10(6-12(11)22-13)7-20-14(24)4-5-15(16,17)18/h2-3,6H,4-5,7-8H2,1H3,(H,19,23)(H,20,24)(H,21,22). The molecule has 130 valence electrons. The Balaban J connectivity index is 1.93. The normalized spacial score (nSPS) is 11.5. The van der Waals surface area contributed by atoms with Crippen LogP contribution in [0.1, 0.15) is 31.2 Å². The molecule has 2 amide bonds. The van der Waals surface area contributed by atoms with Crippen molar-refractivity contribution in [1.82, 2.24) is 20.6 Å². The van der Waals surface area contributed by atoms with Crippen molar-refractivity contribution >= 4 is 22.8 Å². The second-order valence-electron chi connectivity index (χ2n) is 5.34. The second-order valence-corrected chi connectivity index (χ2v) is 5.34. The predicted octanol–water partition coefficient (Wildman–Crippen LogP) is 2.16. The summed E-state index contributed by atoms with van der Waals surface area (Å²) in [5, 5.41) is 5.07.